The van der Waals surface area contributed by atoms with E-state index in [0.29, 0.717) is 19.4 Å². The highest BCUT2D eigenvalue weighted by atomic mass is 32.2. The summed E-state index contributed by atoms with van der Waals surface area (Å²) in [5.41, 5.74) is 2.93. The molecule has 1 heterocycles. The van der Waals surface area contributed by atoms with Crippen LogP contribution < -0.4 is 0 Å². The molecule has 0 bridgehead atoms. The summed E-state index contributed by atoms with van der Waals surface area (Å²) < 4.78 is 23.0. The van der Waals surface area contributed by atoms with E-state index in [1.165, 1.54) is 0 Å². The number of Topliss-reactive ketones (excluding diaryl/α,β-unsaturated/α-hetero) is 1. The molecule has 0 aliphatic carbocycles. The molecule has 0 amide bonds. The van der Waals surface area contributed by atoms with E-state index >= 15 is 0 Å². The van der Waals surface area contributed by atoms with Crippen LogP contribution in [-0.4, -0.2) is 50.2 Å². The van der Waals surface area contributed by atoms with Gasteiger partial charge in [0.1, 0.15) is 0 Å². The number of hydrogen-bond donors (Lipinski definition) is 0. The highest BCUT2D eigenvalue weighted by molar-refractivity contribution is 7.91. The summed E-state index contributed by atoms with van der Waals surface area (Å²) in [6.45, 7) is 4.57. The zero-order valence-electron chi connectivity index (χ0n) is 12.9. The predicted octanol–water partition coefficient (Wildman–Crippen LogP) is 2.00. The molecule has 0 radical (unpaired) electrons. The van der Waals surface area contributed by atoms with E-state index in [9.17, 15) is 13.2 Å². The first-order valence-electron chi connectivity index (χ1n) is 7.29. The van der Waals surface area contributed by atoms with E-state index in [1.807, 2.05) is 44.0 Å². The number of sulfone groups is 1. The third-order valence-corrected chi connectivity index (χ3v) is 5.82. The average molecular weight is 309 g/mol. The van der Waals surface area contributed by atoms with Crippen molar-refractivity contribution in [2.45, 2.75) is 32.7 Å². The van der Waals surface area contributed by atoms with Crippen LogP contribution in [-0.2, 0) is 9.84 Å². The molecule has 1 unspecified atom stereocenters. The molecule has 116 valence electrons. The predicted molar refractivity (Wildman–Crippen MR) is 84.6 cm³/mol. The molecular weight excluding hydrogens is 286 g/mol. The molecule has 1 aromatic carbocycles. The molecule has 1 atom stereocenters. The van der Waals surface area contributed by atoms with Crippen LogP contribution >= 0.6 is 0 Å². The molecule has 0 N–H and O–H groups in total. The zero-order chi connectivity index (χ0) is 15.6. The van der Waals surface area contributed by atoms with Gasteiger partial charge in [0.2, 0.25) is 0 Å². The molecular formula is C16H23NO3S. The highest BCUT2D eigenvalue weighted by Crippen LogP contribution is 2.17. The smallest absolute Gasteiger partial charge is 0.164 e. The zero-order valence-corrected chi connectivity index (χ0v) is 13.7. The Kier molecular flexibility index (Phi) is 4.84. The average Bonchev–Trinajstić information content (AvgIpc) is 2.75. The Bertz CT molecular complexity index is 617. The lowest BCUT2D eigenvalue weighted by molar-refractivity contribution is 0.0962. The maximum absolute atomic E-state index is 12.3. The number of nitrogens with zero attached hydrogens (tertiary/aromatic N) is 1. The fraction of sp³-hybridized carbons (Fsp3) is 0.562. The largest absolute Gasteiger partial charge is 0.302 e. The van der Waals surface area contributed by atoms with Crippen LogP contribution in [0.25, 0.3) is 0 Å². The molecule has 0 aromatic heterocycles. The number of ketones is 1. The summed E-state index contributed by atoms with van der Waals surface area (Å²) >= 11 is 0. The first-order chi connectivity index (χ1) is 9.77. The van der Waals surface area contributed by atoms with E-state index in [0.717, 1.165) is 16.7 Å². The number of benzene rings is 1. The van der Waals surface area contributed by atoms with Gasteiger partial charge in [-0.2, -0.15) is 0 Å². The molecule has 2 rings (SSSR count). The van der Waals surface area contributed by atoms with Crippen LogP contribution in [0.15, 0.2) is 18.2 Å². The fourth-order valence-electron chi connectivity index (χ4n) is 2.86. The van der Waals surface area contributed by atoms with E-state index in [1.54, 1.807) is 0 Å². The molecule has 1 fully saturated rings. The first kappa shape index (κ1) is 16.2. The van der Waals surface area contributed by atoms with Gasteiger partial charge in [-0.1, -0.05) is 17.2 Å². The summed E-state index contributed by atoms with van der Waals surface area (Å²) in [6.07, 6.45) is 1.10. The minimum absolute atomic E-state index is 0.0574. The van der Waals surface area contributed by atoms with Crippen molar-refractivity contribution < 1.29 is 13.2 Å². The van der Waals surface area contributed by atoms with Gasteiger partial charge >= 0.3 is 0 Å². The normalized spacial score (nSPS) is 20.9. The highest BCUT2D eigenvalue weighted by Gasteiger charge is 2.30. The number of carbonyl (C=O) groups excluding carboxylic acids is 1. The van der Waals surface area contributed by atoms with Crippen molar-refractivity contribution in [1.29, 1.82) is 0 Å². The maximum atomic E-state index is 12.3. The second-order valence-corrected chi connectivity index (χ2v) is 8.32. The Morgan fingerprint density at radius 3 is 2.38 bits per heavy atom. The lowest BCUT2D eigenvalue weighted by atomic mass is 10.0. The van der Waals surface area contributed by atoms with Gasteiger partial charge in [-0.05, 0) is 39.4 Å². The molecule has 1 aromatic rings. The topological polar surface area (TPSA) is 54.5 Å². The van der Waals surface area contributed by atoms with Gasteiger partial charge in [0, 0.05) is 24.6 Å². The second-order valence-electron chi connectivity index (χ2n) is 6.09. The standard InChI is InChI=1S/C16H23NO3S/c1-12-8-13(2)10-14(9-12)16(18)4-6-17(3)15-5-7-21(19,20)11-15/h8-10,15H,4-7,11H2,1-3H3. The third kappa shape index (κ3) is 4.38. The first-order valence-corrected chi connectivity index (χ1v) is 9.11. The molecule has 4 nitrogen and oxygen atoms in total. The Hall–Kier alpha value is -1.20. The van der Waals surface area contributed by atoms with Crippen LogP contribution in [0.3, 0.4) is 0 Å². The third-order valence-electron chi connectivity index (χ3n) is 4.07. The van der Waals surface area contributed by atoms with Gasteiger partial charge in [-0.3, -0.25) is 4.79 Å². The van der Waals surface area contributed by atoms with E-state index < -0.39 is 9.84 Å². The van der Waals surface area contributed by atoms with E-state index in [2.05, 4.69) is 0 Å². The van der Waals surface area contributed by atoms with E-state index in [-0.39, 0.29) is 23.3 Å². The second kappa shape index (κ2) is 6.28. The van der Waals surface area contributed by atoms with Crippen molar-refractivity contribution in [2.24, 2.45) is 0 Å². The fourth-order valence-corrected chi connectivity index (χ4v) is 4.67. The Balaban J connectivity index is 1.92. The van der Waals surface area contributed by atoms with Crippen molar-refractivity contribution in [2.75, 3.05) is 25.1 Å². The van der Waals surface area contributed by atoms with Gasteiger partial charge < -0.3 is 4.90 Å². The number of aryl methyl sites for hydroxylation is 2. The van der Waals surface area contributed by atoms with Crippen LogP contribution in [0.1, 0.15) is 34.3 Å². The maximum Gasteiger partial charge on any atom is 0.164 e. The van der Waals surface area contributed by atoms with Crippen LogP contribution in [0.4, 0.5) is 0 Å². The minimum Gasteiger partial charge on any atom is -0.302 e. The molecule has 5 heteroatoms. The summed E-state index contributed by atoms with van der Waals surface area (Å²) in [7, 11) is -0.966. The van der Waals surface area contributed by atoms with Crippen molar-refractivity contribution in [3.63, 3.8) is 0 Å². The van der Waals surface area contributed by atoms with Gasteiger partial charge in [0.05, 0.1) is 11.5 Å². The molecule has 1 aliphatic rings. The Morgan fingerprint density at radius 2 is 1.86 bits per heavy atom. The van der Waals surface area contributed by atoms with Gasteiger partial charge in [-0.15, -0.1) is 0 Å². The molecule has 21 heavy (non-hydrogen) atoms. The van der Waals surface area contributed by atoms with Crippen molar-refractivity contribution in [3.8, 4) is 0 Å². The Labute approximate surface area is 127 Å². The SMILES string of the molecule is Cc1cc(C)cc(C(=O)CCN(C)C2CCS(=O)(=O)C2)c1. The van der Waals surface area contributed by atoms with Crippen LogP contribution in [0.5, 0.6) is 0 Å². The Morgan fingerprint density at radius 1 is 1.24 bits per heavy atom. The summed E-state index contributed by atoms with van der Waals surface area (Å²) in [5, 5.41) is 0. The minimum atomic E-state index is -2.87. The lowest BCUT2D eigenvalue weighted by Gasteiger charge is -2.22. The lowest BCUT2D eigenvalue weighted by Crippen LogP contribution is -2.34. The molecule has 0 spiro atoms. The monoisotopic (exact) mass is 309 g/mol. The summed E-state index contributed by atoms with van der Waals surface area (Å²) in [4.78, 5) is 14.3. The van der Waals surface area contributed by atoms with Crippen LogP contribution in [0.2, 0.25) is 0 Å². The number of hydrogen-bond acceptors (Lipinski definition) is 4. The summed E-state index contributed by atoms with van der Waals surface area (Å²) in [5.74, 6) is 0.614. The number of rotatable bonds is 5. The quantitative estimate of drug-likeness (QED) is 0.781. The molecule has 0 saturated carbocycles. The van der Waals surface area contributed by atoms with Crippen molar-refractivity contribution in [3.05, 3.63) is 34.9 Å². The van der Waals surface area contributed by atoms with Crippen molar-refractivity contribution in [1.82, 2.24) is 4.90 Å². The van der Waals surface area contributed by atoms with E-state index in [4.69, 9.17) is 0 Å². The molecule has 1 aliphatic heterocycles. The van der Waals surface area contributed by atoms with Gasteiger partial charge in [0.15, 0.2) is 15.6 Å². The molecule has 1 saturated heterocycles. The van der Waals surface area contributed by atoms with Gasteiger partial charge in [0.25, 0.3) is 0 Å². The van der Waals surface area contributed by atoms with Crippen molar-refractivity contribution >= 4 is 15.6 Å². The summed E-state index contributed by atoms with van der Waals surface area (Å²) in [6, 6.07) is 5.93. The van der Waals surface area contributed by atoms with Gasteiger partial charge in [-0.25, -0.2) is 8.42 Å². The number of carbonyl (C=O) groups is 1. The van der Waals surface area contributed by atoms with Crippen LogP contribution in [0, 0.1) is 13.8 Å².